The first-order valence-corrected chi connectivity index (χ1v) is 7.12. The van der Waals surface area contributed by atoms with Crippen molar-refractivity contribution in [3.63, 3.8) is 0 Å². The quantitative estimate of drug-likeness (QED) is 0.930. The minimum Gasteiger partial charge on any atom is -0.342 e. The highest BCUT2D eigenvalue weighted by Crippen LogP contribution is 2.28. The van der Waals surface area contributed by atoms with E-state index in [0.717, 1.165) is 17.7 Å². The van der Waals surface area contributed by atoms with Crippen LogP contribution in [0.3, 0.4) is 0 Å². The fraction of sp³-hybridized carbons (Fsp3) is 0.400. The van der Waals surface area contributed by atoms with Crippen molar-refractivity contribution in [2.45, 2.75) is 25.8 Å². The molecular formula is C15H19ClN4O2. The van der Waals surface area contributed by atoms with Gasteiger partial charge in [0.1, 0.15) is 0 Å². The molecule has 0 saturated carbocycles. The van der Waals surface area contributed by atoms with Gasteiger partial charge in [-0.3, -0.25) is 4.79 Å². The normalized spacial score (nSPS) is 17.6. The van der Waals surface area contributed by atoms with Gasteiger partial charge in [0.15, 0.2) is 0 Å². The van der Waals surface area contributed by atoms with Crippen molar-refractivity contribution in [1.82, 2.24) is 15.0 Å². The Morgan fingerprint density at radius 3 is 2.68 bits per heavy atom. The fourth-order valence-corrected chi connectivity index (χ4v) is 2.55. The van der Waals surface area contributed by atoms with Gasteiger partial charge in [-0.25, -0.2) is 0 Å². The molecule has 118 valence electrons. The maximum absolute atomic E-state index is 11.8. The predicted octanol–water partition coefficient (Wildman–Crippen LogP) is 1.95. The lowest BCUT2D eigenvalue weighted by atomic mass is 10.1. The summed E-state index contributed by atoms with van der Waals surface area (Å²) in [6, 6.07) is 7.75. The molecule has 7 heteroatoms. The van der Waals surface area contributed by atoms with Crippen molar-refractivity contribution in [3.8, 4) is 11.4 Å². The number of rotatable bonds is 4. The number of likely N-dealkylation sites (tertiary alicyclic amines) is 1. The van der Waals surface area contributed by atoms with E-state index < -0.39 is 0 Å². The summed E-state index contributed by atoms with van der Waals surface area (Å²) in [7, 11) is 0. The second-order valence-electron chi connectivity index (χ2n) is 5.19. The number of halogens is 1. The van der Waals surface area contributed by atoms with Gasteiger partial charge in [0.25, 0.3) is 0 Å². The van der Waals surface area contributed by atoms with E-state index in [9.17, 15) is 4.79 Å². The van der Waals surface area contributed by atoms with Crippen molar-refractivity contribution in [2.24, 2.45) is 5.73 Å². The molecule has 1 aromatic heterocycles. The third-order valence-corrected chi connectivity index (χ3v) is 3.84. The molecule has 22 heavy (non-hydrogen) atoms. The molecule has 1 unspecified atom stereocenters. The lowest BCUT2D eigenvalue weighted by Crippen LogP contribution is -2.24. The first kappa shape index (κ1) is 16.5. The molecule has 1 aromatic carbocycles. The van der Waals surface area contributed by atoms with Crippen LogP contribution in [0.1, 0.15) is 30.7 Å². The van der Waals surface area contributed by atoms with Gasteiger partial charge in [0, 0.05) is 31.6 Å². The zero-order valence-electron chi connectivity index (χ0n) is 12.4. The molecule has 1 aliphatic rings. The summed E-state index contributed by atoms with van der Waals surface area (Å²) in [4.78, 5) is 18.0. The molecule has 1 fully saturated rings. The Bertz CT molecular complexity index is 641. The van der Waals surface area contributed by atoms with Gasteiger partial charge in [-0.2, -0.15) is 4.98 Å². The molecule has 2 aromatic rings. The predicted molar refractivity (Wildman–Crippen MR) is 84.5 cm³/mol. The van der Waals surface area contributed by atoms with Crippen LogP contribution >= 0.6 is 12.4 Å². The molecule has 1 saturated heterocycles. The SMILES string of the molecule is CCN1CC(c2nc(-c3ccc(CN)cc3)no2)CC1=O.Cl. The molecule has 0 aliphatic carbocycles. The van der Waals surface area contributed by atoms with Crippen LogP contribution in [0.15, 0.2) is 28.8 Å². The van der Waals surface area contributed by atoms with Crippen LogP contribution in [0.5, 0.6) is 0 Å². The second kappa shape index (κ2) is 6.89. The Labute approximate surface area is 135 Å². The van der Waals surface area contributed by atoms with E-state index in [1.807, 2.05) is 36.1 Å². The Morgan fingerprint density at radius 1 is 1.36 bits per heavy atom. The minimum absolute atomic E-state index is 0. The van der Waals surface area contributed by atoms with E-state index in [1.165, 1.54) is 0 Å². The van der Waals surface area contributed by atoms with Crippen molar-refractivity contribution in [1.29, 1.82) is 0 Å². The van der Waals surface area contributed by atoms with Gasteiger partial charge in [-0.15, -0.1) is 12.4 Å². The first-order chi connectivity index (χ1) is 10.2. The van der Waals surface area contributed by atoms with Crippen LogP contribution in [-0.2, 0) is 11.3 Å². The highest BCUT2D eigenvalue weighted by Gasteiger charge is 2.33. The molecule has 1 aliphatic heterocycles. The third-order valence-electron chi connectivity index (χ3n) is 3.84. The monoisotopic (exact) mass is 322 g/mol. The van der Waals surface area contributed by atoms with Crippen LogP contribution in [0.2, 0.25) is 0 Å². The van der Waals surface area contributed by atoms with Gasteiger partial charge < -0.3 is 15.2 Å². The fourth-order valence-electron chi connectivity index (χ4n) is 2.55. The number of nitrogens with zero attached hydrogens (tertiary/aromatic N) is 3. The number of amides is 1. The number of nitrogens with two attached hydrogens (primary N) is 1. The van der Waals surface area contributed by atoms with E-state index >= 15 is 0 Å². The Kier molecular flexibility index (Phi) is 5.15. The smallest absolute Gasteiger partial charge is 0.232 e. The summed E-state index contributed by atoms with van der Waals surface area (Å²) >= 11 is 0. The summed E-state index contributed by atoms with van der Waals surface area (Å²) in [5.41, 5.74) is 7.52. The highest BCUT2D eigenvalue weighted by molar-refractivity contribution is 5.85. The molecule has 2 heterocycles. The average molecular weight is 323 g/mol. The summed E-state index contributed by atoms with van der Waals surface area (Å²) in [6.07, 6.45) is 0.446. The molecule has 3 rings (SSSR count). The number of carbonyl (C=O) groups excluding carboxylic acids is 1. The van der Waals surface area contributed by atoms with E-state index in [1.54, 1.807) is 0 Å². The molecule has 6 nitrogen and oxygen atoms in total. The number of likely N-dealkylation sites (N-methyl/N-ethyl adjacent to an activating group) is 1. The van der Waals surface area contributed by atoms with E-state index in [2.05, 4.69) is 10.1 Å². The minimum atomic E-state index is 0. The summed E-state index contributed by atoms with van der Waals surface area (Å²) in [5.74, 6) is 1.24. The van der Waals surface area contributed by atoms with Crippen LogP contribution in [0, 0.1) is 0 Å². The number of hydrogen-bond donors (Lipinski definition) is 1. The number of aromatic nitrogens is 2. The average Bonchev–Trinajstić information content (AvgIpc) is 3.13. The van der Waals surface area contributed by atoms with Gasteiger partial charge in [-0.1, -0.05) is 29.4 Å². The third kappa shape index (κ3) is 3.13. The maximum atomic E-state index is 11.8. The molecule has 0 spiro atoms. The van der Waals surface area contributed by atoms with Crippen LogP contribution in [-0.4, -0.2) is 34.0 Å². The van der Waals surface area contributed by atoms with Crippen molar-refractivity contribution >= 4 is 18.3 Å². The zero-order chi connectivity index (χ0) is 14.8. The summed E-state index contributed by atoms with van der Waals surface area (Å²) in [5, 5.41) is 4.02. The van der Waals surface area contributed by atoms with Gasteiger partial charge in [-0.05, 0) is 12.5 Å². The highest BCUT2D eigenvalue weighted by atomic mass is 35.5. The van der Waals surface area contributed by atoms with E-state index in [4.69, 9.17) is 10.3 Å². The van der Waals surface area contributed by atoms with Gasteiger partial charge in [0.05, 0.1) is 5.92 Å². The number of benzene rings is 1. The molecule has 0 bridgehead atoms. The number of hydrogen-bond acceptors (Lipinski definition) is 5. The van der Waals surface area contributed by atoms with Gasteiger partial charge in [0.2, 0.25) is 17.6 Å². The van der Waals surface area contributed by atoms with E-state index in [0.29, 0.717) is 31.2 Å². The lowest BCUT2D eigenvalue weighted by molar-refractivity contribution is -0.127. The van der Waals surface area contributed by atoms with E-state index in [-0.39, 0.29) is 24.2 Å². The lowest BCUT2D eigenvalue weighted by Gasteiger charge is -2.11. The van der Waals surface area contributed by atoms with Crippen molar-refractivity contribution in [3.05, 3.63) is 35.7 Å². The van der Waals surface area contributed by atoms with Crippen LogP contribution in [0.25, 0.3) is 11.4 Å². The van der Waals surface area contributed by atoms with Crippen molar-refractivity contribution in [2.75, 3.05) is 13.1 Å². The molecule has 0 radical (unpaired) electrons. The molecule has 1 amide bonds. The second-order valence-corrected chi connectivity index (χ2v) is 5.19. The van der Waals surface area contributed by atoms with Crippen LogP contribution in [0.4, 0.5) is 0 Å². The largest absolute Gasteiger partial charge is 0.342 e. The maximum Gasteiger partial charge on any atom is 0.232 e. The Morgan fingerprint density at radius 2 is 2.09 bits per heavy atom. The topological polar surface area (TPSA) is 85.2 Å². The summed E-state index contributed by atoms with van der Waals surface area (Å²) in [6.45, 7) is 3.85. The van der Waals surface area contributed by atoms with Crippen molar-refractivity contribution < 1.29 is 9.32 Å². The first-order valence-electron chi connectivity index (χ1n) is 7.12. The van der Waals surface area contributed by atoms with Gasteiger partial charge >= 0.3 is 0 Å². The molecule has 2 N–H and O–H groups in total. The summed E-state index contributed by atoms with van der Waals surface area (Å²) < 4.78 is 5.34. The zero-order valence-corrected chi connectivity index (χ0v) is 13.2. The van der Waals surface area contributed by atoms with Crippen LogP contribution < -0.4 is 5.73 Å². The molecule has 1 atom stereocenters. The Hall–Kier alpha value is -1.92. The number of carbonyl (C=O) groups is 1. The molecular weight excluding hydrogens is 304 g/mol. The standard InChI is InChI=1S/C15H18N4O2.ClH/c1-2-19-9-12(7-13(19)20)15-17-14(18-21-15)11-5-3-10(8-16)4-6-11;/h3-6,12H,2,7-9,16H2,1H3;1H. The Balaban J connectivity index is 0.00000176.